The first-order valence-corrected chi connectivity index (χ1v) is 6.80. The zero-order valence-corrected chi connectivity index (χ0v) is 9.50. The van der Waals surface area contributed by atoms with Crippen molar-refractivity contribution in [2.45, 2.75) is 24.4 Å². The quantitative estimate of drug-likeness (QED) is 0.331. The molecule has 0 amide bonds. The fourth-order valence-corrected chi connectivity index (χ4v) is 1.80. The van der Waals surface area contributed by atoms with Crippen LogP contribution in [0.4, 0.5) is 0 Å². The highest BCUT2D eigenvalue weighted by atomic mass is 33.1. The van der Waals surface area contributed by atoms with Crippen LogP contribution in [0, 0.1) is 0 Å². The van der Waals surface area contributed by atoms with Crippen LogP contribution in [0.5, 0.6) is 0 Å². The van der Waals surface area contributed by atoms with Gasteiger partial charge < -0.3 is 25.5 Å². The van der Waals surface area contributed by atoms with Crippen molar-refractivity contribution in [3.8, 4) is 0 Å². The van der Waals surface area contributed by atoms with E-state index in [1.54, 1.807) is 0 Å². The number of hydrogen-bond acceptors (Lipinski definition) is 7. The molecule has 0 aliphatic heterocycles. The fraction of sp³-hybridized carbons (Fsp3) is 0.833. The molecule has 8 heteroatoms. The van der Waals surface area contributed by atoms with Crippen LogP contribution in [0.2, 0.25) is 0 Å². The van der Waals surface area contributed by atoms with Gasteiger partial charge in [-0.1, -0.05) is 7.60 Å². The Balaban J connectivity index is 4.45. The Labute approximate surface area is 92.0 Å². The van der Waals surface area contributed by atoms with E-state index in [2.05, 4.69) is 22.4 Å². The first kappa shape index (κ1) is 14.3. The van der Waals surface area contributed by atoms with Gasteiger partial charge in [-0.25, -0.2) is 0 Å². The Kier molecular flexibility index (Phi) is 6.91. The van der Waals surface area contributed by atoms with Crippen molar-refractivity contribution in [3.63, 3.8) is 0 Å². The van der Waals surface area contributed by atoms with E-state index >= 15 is 0 Å². The van der Waals surface area contributed by atoms with Gasteiger partial charge in [0.15, 0.2) is 0 Å². The molecule has 84 valence electrons. The Morgan fingerprint density at radius 1 is 1.07 bits per heavy atom. The molecule has 0 heterocycles. The van der Waals surface area contributed by atoms with Crippen molar-refractivity contribution in [2.75, 3.05) is 6.61 Å². The van der Waals surface area contributed by atoms with Gasteiger partial charge in [-0.2, -0.15) is 0 Å². The summed E-state index contributed by atoms with van der Waals surface area (Å²) in [6.45, 7) is -0.710. The highest BCUT2D eigenvalue weighted by Gasteiger charge is 2.28. The first-order chi connectivity index (χ1) is 6.40. The second-order valence-electron chi connectivity index (χ2n) is 2.62. The largest absolute Gasteiger partial charge is 0.394 e. The molecule has 5 nitrogen and oxygen atoms in total. The molecule has 0 aromatic rings. The summed E-state index contributed by atoms with van der Waals surface area (Å²) in [5, 5.41) is 46.1. The van der Waals surface area contributed by atoms with Crippen molar-refractivity contribution in [1.82, 2.24) is 0 Å². The molecule has 0 aromatic carbocycles. The lowest BCUT2D eigenvalue weighted by atomic mass is 10.0. The third-order valence-corrected chi connectivity index (χ3v) is 2.70. The summed E-state index contributed by atoms with van der Waals surface area (Å²) < 4.78 is 0. The molecule has 0 rings (SSSR count). The molecule has 0 saturated carbocycles. The molecule has 0 radical (unpaired) electrons. The summed E-state index contributed by atoms with van der Waals surface area (Å²) in [4.78, 5) is 0. The van der Waals surface area contributed by atoms with Gasteiger partial charge in [-0.15, -0.1) is 0 Å². The van der Waals surface area contributed by atoms with Crippen LogP contribution >= 0.6 is 0 Å². The second kappa shape index (κ2) is 6.75. The summed E-state index contributed by atoms with van der Waals surface area (Å²) in [6, 6.07) is 0. The highest BCUT2D eigenvalue weighted by molar-refractivity contribution is 8.45. The van der Waals surface area contributed by atoms with Crippen LogP contribution in [0.1, 0.15) is 0 Å². The topological polar surface area (TPSA) is 101 Å². The molecule has 0 aromatic heterocycles. The summed E-state index contributed by atoms with van der Waals surface area (Å²) in [7, 11) is -1.02. The third kappa shape index (κ3) is 4.71. The lowest BCUT2D eigenvalue weighted by Crippen LogP contribution is -2.46. The van der Waals surface area contributed by atoms with Crippen LogP contribution < -0.4 is 0 Å². The minimum atomic E-state index is -1.64. The first-order valence-electron chi connectivity index (χ1n) is 3.66. The van der Waals surface area contributed by atoms with E-state index in [9.17, 15) is 10.2 Å². The number of hydrogen-bond donors (Lipinski definition) is 5. The number of aliphatic hydroxyl groups is 5. The summed E-state index contributed by atoms with van der Waals surface area (Å²) >= 11 is 9.15. The minimum absolute atomic E-state index is 0.710. The van der Waals surface area contributed by atoms with Crippen LogP contribution in [0.25, 0.3) is 0 Å². The van der Waals surface area contributed by atoms with E-state index in [4.69, 9.17) is 15.3 Å². The molecule has 0 saturated heterocycles. The lowest BCUT2D eigenvalue weighted by Gasteiger charge is -2.23. The van der Waals surface area contributed by atoms with Crippen LogP contribution in [-0.2, 0) is 30.0 Å². The van der Waals surface area contributed by atoms with Crippen molar-refractivity contribution in [3.05, 3.63) is 0 Å². The zero-order chi connectivity index (χ0) is 11.3. The summed E-state index contributed by atoms with van der Waals surface area (Å²) in [6.07, 6.45) is -6.17. The molecule has 0 bridgehead atoms. The second-order valence-corrected chi connectivity index (χ2v) is 6.20. The maximum Gasteiger partial charge on any atom is 0.113 e. The minimum Gasteiger partial charge on any atom is -0.394 e. The van der Waals surface area contributed by atoms with Crippen LogP contribution in [0.3, 0.4) is 0 Å². The average Bonchev–Trinajstić information content (AvgIpc) is 2.13. The van der Waals surface area contributed by atoms with E-state index in [1.807, 2.05) is 0 Å². The van der Waals surface area contributed by atoms with Gasteiger partial charge in [-0.05, 0) is 22.4 Å². The van der Waals surface area contributed by atoms with E-state index in [-0.39, 0.29) is 0 Å². The predicted molar refractivity (Wildman–Crippen MR) is 59.3 cm³/mol. The summed E-state index contributed by atoms with van der Waals surface area (Å²) in [5.74, 6) is 0. The monoisotopic (exact) mass is 260 g/mol. The number of rotatable bonds is 5. The number of aliphatic hydroxyl groups excluding tert-OH is 5. The van der Waals surface area contributed by atoms with Crippen LogP contribution in [0.15, 0.2) is 0 Å². The zero-order valence-electron chi connectivity index (χ0n) is 7.05. The molecule has 0 fully saturated rings. The smallest absolute Gasteiger partial charge is 0.113 e. The molecule has 0 spiro atoms. The highest BCUT2D eigenvalue weighted by Crippen LogP contribution is 2.03. The molecule has 0 aliphatic rings. The van der Waals surface area contributed by atoms with E-state index in [1.165, 1.54) is 0 Å². The van der Waals surface area contributed by atoms with Gasteiger partial charge in [-0.3, -0.25) is 0 Å². The molecule has 0 unspecified atom stereocenters. The molecule has 0 aliphatic carbocycles. The van der Waals surface area contributed by atoms with Crippen molar-refractivity contribution < 1.29 is 25.5 Å². The predicted octanol–water partition coefficient (Wildman–Crippen LogP) is -3.23. The lowest BCUT2D eigenvalue weighted by molar-refractivity contribution is -0.0996. The molecule has 4 atom stereocenters. The van der Waals surface area contributed by atoms with Gasteiger partial charge in [0.25, 0.3) is 0 Å². The Bertz CT molecular complexity index is 280. The van der Waals surface area contributed by atoms with Crippen molar-refractivity contribution in [2.24, 2.45) is 0 Å². The van der Waals surface area contributed by atoms with E-state index < -0.39 is 38.6 Å². The van der Waals surface area contributed by atoms with Crippen LogP contribution in [-0.4, -0.2) is 61.9 Å². The van der Waals surface area contributed by atoms with E-state index in [0.29, 0.717) is 0 Å². The van der Waals surface area contributed by atoms with Gasteiger partial charge in [0.1, 0.15) is 24.4 Å². The Hall–Kier alpha value is 0.330. The van der Waals surface area contributed by atoms with Gasteiger partial charge >= 0.3 is 0 Å². The fourth-order valence-electron chi connectivity index (χ4n) is 0.732. The standard InChI is InChI=1S/C6H12O5S3/c7-1-3(8)5(10)6(11)4(9)2-14(12)13/h2-11H,1H2/t3-,4+,5-,6-/m1/s1. The molecule has 5 N–H and O–H groups in total. The SMILES string of the molecule is OC[C@@H](O)[C@@H](O)[C@H](O)[C@@H](O)C=S(=S)=S. The van der Waals surface area contributed by atoms with E-state index in [0.717, 1.165) is 5.37 Å². The summed E-state index contributed by atoms with van der Waals surface area (Å²) in [5.41, 5.74) is 0. The van der Waals surface area contributed by atoms with Crippen molar-refractivity contribution >= 4 is 35.3 Å². The Morgan fingerprint density at radius 3 is 1.93 bits per heavy atom. The van der Waals surface area contributed by atoms with Gasteiger partial charge in [0, 0.05) is 5.37 Å². The van der Waals surface area contributed by atoms with Crippen molar-refractivity contribution in [1.29, 1.82) is 0 Å². The normalized spacial score (nSPS) is 19.5. The molecular formula is C6H12O5S3. The Morgan fingerprint density at radius 2 is 1.57 bits per heavy atom. The third-order valence-electron chi connectivity index (χ3n) is 1.53. The van der Waals surface area contributed by atoms with Gasteiger partial charge in [0.2, 0.25) is 0 Å². The molecule has 14 heavy (non-hydrogen) atoms. The average molecular weight is 260 g/mol. The molecular weight excluding hydrogens is 248 g/mol. The maximum atomic E-state index is 9.25. The maximum absolute atomic E-state index is 9.25. The van der Waals surface area contributed by atoms with Gasteiger partial charge in [0.05, 0.1) is 6.61 Å².